The summed E-state index contributed by atoms with van der Waals surface area (Å²) in [5, 5.41) is 7.72. The summed E-state index contributed by atoms with van der Waals surface area (Å²) in [5.41, 5.74) is 3.03. The predicted molar refractivity (Wildman–Crippen MR) is 143 cm³/mol. The zero-order chi connectivity index (χ0) is 25.4. The molecule has 1 aliphatic heterocycles. The van der Waals surface area contributed by atoms with Crippen LogP contribution < -0.4 is 20.3 Å². The van der Waals surface area contributed by atoms with Crippen LogP contribution in [0.15, 0.2) is 72.9 Å². The summed E-state index contributed by atoms with van der Waals surface area (Å²) >= 11 is 0. The monoisotopic (exact) mass is 480 g/mol. The molecule has 0 unspecified atom stereocenters. The van der Waals surface area contributed by atoms with E-state index in [9.17, 15) is 9.59 Å². The lowest BCUT2D eigenvalue weighted by Crippen LogP contribution is -2.32. The first kappa shape index (κ1) is 23.4. The van der Waals surface area contributed by atoms with Gasteiger partial charge in [0.25, 0.3) is 5.91 Å². The fourth-order valence-corrected chi connectivity index (χ4v) is 4.72. The van der Waals surface area contributed by atoms with E-state index in [2.05, 4.69) is 29.5 Å². The summed E-state index contributed by atoms with van der Waals surface area (Å²) in [6.07, 6.45) is 1.68. The van der Waals surface area contributed by atoms with Crippen LogP contribution in [-0.2, 0) is 10.2 Å². The zero-order valence-corrected chi connectivity index (χ0v) is 20.8. The molecule has 7 nitrogen and oxygen atoms in total. The molecule has 1 aliphatic rings. The number of hydrogen-bond donors (Lipinski definition) is 2. The van der Waals surface area contributed by atoms with Crippen molar-refractivity contribution < 1.29 is 14.3 Å². The third-order valence-electron chi connectivity index (χ3n) is 6.53. The van der Waals surface area contributed by atoms with E-state index in [1.807, 2.05) is 54.6 Å². The van der Waals surface area contributed by atoms with Crippen molar-refractivity contribution in [1.29, 1.82) is 0 Å². The average Bonchev–Trinajstić information content (AvgIpc) is 3.14. The molecule has 0 saturated carbocycles. The molecule has 0 fully saturated rings. The first-order valence-corrected chi connectivity index (χ1v) is 11.8. The molecule has 5 rings (SSSR count). The Morgan fingerprint density at radius 1 is 1.00 bits per heavy atom. The van der Waals surface area contributed by atoms with Crippen LogP contribution in [0.5, 0.6) is 11.5 Å². The molecule has 0 aliphatic carbocycles. The SMILES string of the molecule is CNc1cc(Oc2ccc3c(C(=O)Nc4ccc5c(c4)N(C(C)=O)CC5(C)C)cccc3c2)ccn1. The standard InChI is InChI=1S/C29H28N4O3/c1-18(34)33-17-29(2,3)25-11-8-20(15-26(25)33)32-28(35)24-7-5-6-19-14-21(9-10-23(19)24)36-22-12-13-31-27(16-22)30-4/h5-16H,17H2,1-4H3,(H,30,31)(H,32,35). The molecule has 0 radical (unpaired) electrons. The largest absolute Gasteiger partial charge is 0.457 e. The molecular weight excluding hydrogens is 452 g/mol. The molecule has 0 saturated heterocycles. The minimum absolute atomic E-state index is 0.00803. The smallest absolute Gasteiger partial charge is 0.256 e. The van der Waals surface area contributed by atoms with Gasteiger partial charge in [-0.15, -0.1) is 0 Å². The Labute approximate surface area is 210 Å². The third kappa shape index (κ3) is 4.35. The number of carbonyl (C=O) groups excluding carboxylic acids is 2. The summed E-state index contributed by atoms with van der Waals surface area (Å²) in [6, 6.07) is 20.7. The Balaban J connectivity index is 1.40. The quantitative estimate of drug-likeness (QED) is 0.368. The molecule has 1 aromatic heterocycles. The summed E-state index contributed by atoms with van der Waals surface area (Å²) in [7, 11) is 1.80. The number of hydrogen-bond acceptors (Lipinski definition) is 5. The lowest BCUT2D eigenvalue weighted by atomic mass is 9.87. The predicted octanol–water partition coefficient (Wildman–Crippen LogP) is 5.97. The van der Waals surface area contributed by atoms with Crippen molar-refractivity contribution in [1.82, 2.24) is 4.98 Å². The van der Waals surface area contributed by atoms with Crippen LogP contribution >= 0.6 is 0 Å². The number of aromatic nitrogens is 1. The fourth-order valence-electron chi connectivity index (χ4n) is 4.72. The van der Waals surface area contributed by atoms with E-state index in [1.54, 1.807) is 37.2 Å². The Bertz CT molecular complexity index is 1500. The maximum absolute atomic E-state index is 13.3. The Morgan fingerprint density at radius 3 is 2.58 bits per heavy atom. The zero-order valence-electron chi connectivity index (χ0n) is 20.8. The van der Waals surface area contributed by atoms with Gasteiger partial charge in [0.15, 0.2) is 0 Å². The van der Waals surface area contributed by atoms with Crippen molar-refractivity contribution in [3.8, 4) is 11.5 Å². The summed E-state index contributed by atoms with van der Waals surface area (Å²) in [5.74, 6) is 1.83. The highest BCUT2D eigenvalue weighted by molar-refractivity contribution is 6.13. The number of anilines is 3. The van der Waals surface area contributed by atoms with Gasteiger partial charge in [-0.3, -0.25) is 9.59 Å². The summed E-state index contributed by atoms with van der Waals surface area (Å²) in [6.45, 7) is 6.43. The topological polar surface area (TPSA) is 83.6 Å². The van der Waals surface area contributed by atoms with Gasteiger partial charge in [0.2, 0.25) is 5.91 Å². The highest BCUT2D eigenvalue weighted by atomic mass is 16.5. The maximum Gasteiger partial charge on any atom is 0.256 e. The molecule has 4 aromatic rings. The van der Waals surface area contributed by atoms with Gasteiger partial charge in [-0.25, -0.2) is 4.98 Å². The third-order valence-corrected chi connectivity index (χ3v) is 6.53. The fraction of sp³-hybridized carbons (Fsp3) is 0.207. The van der Waals surface area contributed by atoms with Gasteiger partial charge in [0.05, 0.1) is 0 Å². The number of nitrogens with one attached hydrogen (secondary N) is 2. The van der Waals surface area contributed by atoms with Gasteiger partial charge in [0.1, 0.15) is 17.3 Å². The second kappa shape index (κ2) is 9.00. The number of fused-ring (bicyclic) bond motifs is 2. The van der Waals surface area contributed by atoms with Crippen molar-refractivity contribution in [3.63, 3.8) is 0 Å². The lowest BCUT2D eigenvalue weighted by molar-refractivity contribution is -0.116. The van der Waals surface area contributed by atoms with Gasteiger partial charge < -0.3 is 20.3 Å². The van der Waals surface area contributed by atoms with Gasteiger partial charge in [-0.05, 0) is 58.8 Å². The lowest BCUT2D eigenvalue weighted by Gasteiger charge is -2.19. The number of benzene rings is 3. The summed E-state index contributed by atoms with van der Waals surface area (Å²) < 4.78 is 6.00. The molecule has 36 heavy (non-hydrogen) atoms. The van der Waals surface area contributed by atoms with Crippen molar-refractivity contribution >= 4 is 39.8 Å². The summed E-state index contributed by atoms with van der Waals surface area (Å²) in [4.78, 5) is 31.4. The molecule has 2 N–H and O–H groups in total. The number of ether oxygens (including phenoxy) is 1. The maximum atomic E-state index is 13.3. The molecule has 2 amide bonds. The van der Waals surface area contributed by atoms with Gasteiger partial charge in [0, 0.05) is 55.1 Å². The first-order valence-electron chi connectivity index (χ1n) is 11.8. The van der Waals surface area contributed by atoms with Crippen LogP contribution in [0.4, 0.5) is 17.2 Å². The molecule has 0 bridgehead atoms. The van der Waals surface area contributed by atoms with Crippen LogP contribution in [-0.4, -0.2) is 30.4 Å². The van der Waals surface area contributed by atoms with E-state index in [4.69, 9.17) is 4.74 Å². The van der Waals surface area contributed by atoms with Crippen molar-refractivity contribution in [2.45, 2.75) is 26.2 Å². The number of pyridine rings is 1. The van der Waals surface area contributed by atoms with Crippen LogP contribution in [0.1, 0.15) is 36.7 Å². The van der Waals surface area contributed by atoms with E-state index in [1.165, 1.54) is 0 Å². The normalized spacial score (nSPS) is 13.8. The Kier molecular flexibility index (Phi) is 5.84. The Morgan fingerprint density at radius 2 is 1.81 bits per heavy atom. The highest BCUT2D eigenvalue weighted by Crippen LogP contribution is 2.42. The minimum Gasteiger partial charge on any atom is -0.457 e. The molecule has 0 atom stereocenters. The average molecular weight is 481 g/mol. The van der Waals surface area contributed by atoms with Crippen LogP contribution in [0.3, 0.4) is 0 Å². The molecule has 0 spiro atoms. The van der Waals surface area contributed by atoms with E-state index in [0.717, 1.165) is 22.0 Å². The van der Waals surface area contributed by atoms with Gasteiger partial charge in [-0.2, -0.15) is 0 Å². The molecule has 182 valence electrons. The number of nitrogens with zero attached hydrogens (tertiary/aromatic N) is 2. The number of rotatable bonds is 5. The van der Waals surface area contributed by atoms with Gasteiger partial charge in [-0.1, -0.05) is 32.0 Å². The number of carbonyl (C=O) groups is 2. The van der Waals surface area contributed by atoms with Crippen molar-refractivity contribution in [2.75, 3.05) is 29.1 Å². The molecule has 7 heteroatoms. The van der Waals surface area contributed by atoms with E-state index in [-0.39, 0.29) is 17.2 Å². The van der Waals surface area contributed by atoms with Crippen LogP contribution in [0.2, 0.25) is 0 Å². The minimum atomic E-state index is -0.214. The highest BCUT2D eigenvalue weighted by Gasteiger charge is 2.37. The second-order valence-corrected chi connectivity index (χ2v) is 9.59. The van der Waals surface area contributed by atoms with Crippen molar-refractivity contribution in [2.24, 2.45) is 0 Å². The van der Waals surface area contributed by atoms with Crippen LogP contribution in [0.25, 0.3) is 10.8 Å². The number of amides is 2. The second-order valence-electron chi connectivity index (χ2n) is 9.59. The molecule has 3 aromatic carbocycles. The van der Waals surface area contributed by atoms with E-state index >= 15 is 0 Å². The van der Waals surface area contributed by atoms with Crippen molar-refractivity contribution in [3.05, 3.63) is 84.1 Å². The Hall–Kier alpha value is -4.39. The van der Waals surface area contributed by atoms with Gasteiger partial charge >= 0.3 is 0 Å². The first-order chi connectivity index (χ1) is 17.2. The molecular formula is C29H28N4O3. The van der Waals surface area contributed by atoms with Crippen LogP contribution in [0, 0.1) is 0 Å². The van der Waals surface area contributed by atoms with E-state index < -0.39 is 0 Å². The molecule has 2 heterocycles. The van der Waals surface area contributed by atoms with E-state index in [0.29, 0.717) is 35.1 Å².